The molecule has 0 saturated carbocycles. The van der Waals surface area contributed by atoms with E-state index in [-0.39, 0.29) is 5.97 Å². The van der Waals surface area contributed by atoms with Gasteiger partial charge in [-0.1, -0.05) is 30.3 Å². The van der Waals surface area contributed by atoms with Gasteiger partial charge < -0.3 is 14.4 Å². The van der Waals surface area contributed by atoms with Crippen molar-refractivity contribution >= 4 is 11.5 Å². The number of carbonyl (C=O) groups is 1. The largest absolute Gasteiger partial charge is 0.488 e. The quantitative estimate of drug-likeness (QED) is 0.760. The van der Waals surface area contributed by atoms with Crippen LogP contribution in [0.25, 0.3) is 5.57 Å². The highest BCUT2D eigenvalue weighted by molar-refractivity contribution is 5.93. The summed E-state index contributed by atoms with van der Waals surface area (Å²) in [4.78, 5) is 14.6. The first-order valence-electron chi connectivity index (χ1n) is 9.62. The van der Waals surface area contributed by atoms with Crippen LogP contribution in [0.15, 0.2) is 48.5 Å². The lowest BCUT2D eigenvalue weighted by Gasteiger charge is -2.15. The number of methoxy groups -OCH3 is 1. The molecule has 0 amide bonds. The van der Waals surface area contributed by atoms with Crippen LogP contribution in [0.1, 0.15) is 46.3 Å². The molecule has 2 aliphatic rings. The number of fused-ring (bicyclic) bond motifs is 2. The maximum Gasteiger partial charge on any atom is 0.337 e. The Balaban J connectivity index is 1.73. The number of carbonyl (C=O) groups excluding carboxylic acids is 1. The van der Waals surface area contributed by atoms with E-state index < -0.39 is 0 Å². The minimum atomic E-state index is -0.327. The summed E-state index contributed by atoms with van der Waals surface area (Å²) in [5.41, 5.74) is 5.00. The van der Waals surface area contributed by atoms with Gasteiger partial charge in [-0.05, 0) is 67.3 Å². The lowest BCUT2D eigenvalue weighted by molar-refractivity contribution is 0.0600. The third-order valence-corrected chi connectivity index (χ3v) is 5.37. The van der Waals surface area contributed by atoms with Crippen molar-refractivity contribution in [3.63, 3.8) is 0 Å². The highest BCUT2D eigenvalue weighted by atomic mass is 16.5. The lowest BCUT2D eigenvalue weighted by atomic mass is 9.92. The zero-order valence-electron chi connectivity index (χ0n) is 15.7. The molecule has 0 atom stereocenters. The number of benzene rings is 2. The predicted molar refractivity (Wildman–Crippen MR) is 106 cm³/mol. The Labute approximate surface area is 160 Å². The van der Waals surface area contributed by atoms with Gasteiger partial charge in [0, 0.05) is 12.1 Å². The summed E-state index contributed by atoms with van der Waals surface area (Å²) in [6.07, 6.45) is 5.88. The molecule has 2 aliphatic heterocycles. The van der Waals surface area contributed by atoms with Gasteiger partial charge in [0.15, 0.2) is 0 Å². The van der Waals surface area contributed by atoms with Gasteiger partial charge >= 0.3 is 5.97 Å². The molecule has 4 heteroatoms. The molecule has 1 fully saturated rings. The van der Waals surface area contributed by atoms with E-state index in [4.69, 9.17) is 9.47 Å². The van der Waals surface area contributed by atoms with Crippen LogP contribution in [0.3, 0.4) is 0 Å². The zero-order valence-corrected chi connectivity index (χ0v) is 15.7. The fourth-order valence-corrected chi connectivity index (χ4v) is 3.94. The molecule has 2 heterocycles. The SMILES string of the molecule is COC(=O)c1ccc2c(c1)C(=CCCN1CCCC1)c1ccccc1CO2. The Hall–Kier alpha value is -2.59. The van der Waals surface area contributed by atoms with Gasteiger partial charge in [0.05, 0.1) is 12.7 Å². The van der Waals surface area contributed by atoms with E-state index >= 15 is 0 Å². The maximum absolute atomic E-state index is 12.0. The topological polar surface area (TPSA) is 38.8 Å². The summed E-state index contributed by atoms with van der Waals surface area (Å²) >= 11 is 0. The summed E-state index contributed by atoms with van der Waals surface area (Å²) in [6.45, 7) is 4.00. The molecule has 0 bridgehead atoms. The Bertz CT molecular complexity index is 866. The second kappa shape index (κ2) is 7.97. The molecule has 1 saturated heterocycles. The fraction of sp³-hybridized carbons (Fsp3) is 0.348. The van der Waals surface area contributed by atoms with Crippen LogP contribution in [-0.4, -0.2) is 37.6 Å². The van der Waals surface area contributed by atoms with Gasteiger partial charge in [-0.25, -0.2) is 4.79 Å². The molecule has 0 unspecified atom stereocenters. The first kappa shape index (κ1) is 17.8. The van der Waals surface area contributed by atoms with Crippen molar-refractivity contribution in [1.82, 2.24) is 4.90 Å². The molecule has 0 aromatic heterocycles. The number of likely N-dealkylation sites (tertiary alicyclic amines) is 1. The van der Waals surface area contributed by atoms with Crippen LogP contribution >= 0.6 is 0 Å². The lowest BCUT2D eigenvalue weighted by Crippen LogP contribution is -2.19. The number of nitrogens with zero attached hydrogens (tertiary/aromatic N) is 1. The average Bonchev–Trinajstić information content (AvgIpc) is 3.17. The summed E-state index contributed by atoms with van der Waals surface area (Å²) < 4.78 is 11.0. The van der Waals surface area contributed by atoms with Gasteiger partial charge in [-0.2, -0.15) is 0 Å². The van der Waals surface area contributed by atoms with Crippen LogP contribution in [0.2, 0.25) is 0 Å². The molecule has 4 nitrogen and oxygen atoms in total. The Morgan fingerprint density at radius 1 is 1.15 bits per heavy atom. The number of esters is 1. The second-order valence-electron chi connectivity index (χ2n) is 7.10. The van der Waals surface area contributed by atoms with Crippen LogP contribution < -0.4 is 4.74 Å². The van der Waals surface area contributed by atoms with Gasteiger partial charge in [-0.15, -0.1) is 0 Å². The normalized spacial score (nSPS) is 17.7. The van der Waals surface area contributed by atoms with Gasteiger partial charge in [0.25, 0.3) is 0 Å². The maximum atomic E-state index is 12.0. The van der Waals surface area contributed by atoms with E-state index in [1.165, 1.54) is 44.2 Å². The third kappa shape index (κ3) is 3.76. The van der Waals surface area contributed by atoms with Crippen LogP contribution in [-0.2, 0) is 11.3 Å². The van der Waals surface area contributed by atoms with Crippen molar-refractivity contribution in [2.75, 3.05) is 26.7 Å². The molecule has 140 valence electrons. The Morgan fingerprint density at radius 2 is 1.96 bits per heavy atom. The standard InChI is InChI=1S/C23H25NO3/c1-26-23(25)17-10-11-22-21(15-17)20(9-6-14-24-12-4-5-13-24)19-8-3-2-7-18(19)16-27-22/h2-3,7-11,15H,4-6,12-14,16H2,1H3. The third-order valence-electron chi connectivity index (χ3n) is 5.37. The number of ether oxygens (including phenoxy) is 2. The smallest absolute Gasteiger partial charge is 0.337 e. The predicted octanol–water partition coefficient (Wildman–Crippen LogP) is 4.28. The molecule has 0 radical (unpaired) electrons. The van der Waals surface area contributed by atoms with E-state index in [9.17, 15) is 4.79 Å². The monoisotopic (exact) mass is 363 g/mol. The van der Waals surface area contributed by atoms with Crippen LogP contribution in [0, 0.1) is 0 Å². The number of rotatable bonds is 4. The molecule has 2 aromatic carbocycles. The zero-order chi connectivity index (χ0) is 18.6. The first-order chi connectivity index (χ1) is 13.3. The van der Waals surface area contributed by atoms with E-state index in [1.54, 1.807) is 6.07 Å². The van der Waals surface area contributed by atoms with Crippen LogP contribution in [0.4, 0.5) is 0 Å². The Kier molecular flexibility index (Phi) is 5.26. The molecule has 0 spiro atoms. The van der Waals surface area contributed by atoms with E-state index in [2.05, 4.69) is 29.2 Å². The van der Waals surface area contributed by atoms with Crippen molar-refractivity contribution in [2.24, 2.45) is 0 Å². The van der Waals surface area contributed by atoms with Crippen LogP contribution in [0.5, 0.6) is 5.75 Å². The summed E-state index contributed by atoms with van der Waals surface area (Å²) in [6, 6.07) is 13.9. The van der Waals surface area contributed by atoms with E-state index in [1.807, 2.05) is 18.2 Å². The summed E-state index contributed by atoms with van der Waals surface area (Å²) in [5.74, 6) is 0.484. The minimum Gasteiger partial charge on any atom is -0.488 e. The van der Waals surface area contributed by atoms with Crippen molar-refractivity contribution < 1.29 is 14.3 Å². The highest BCUT2D eigenvalue weighted by Gasteiger charge is 2.21. The van der Waals surface area contributed by atoms with E-state index in [0.29, 0.717) is 12.2 Å². The fourth-order valence-electron chi connectivity index (χ4n) is 3.94. The van der Waals surface area contributed by atoms with Crippen molar-refractivity contribution in [3.8, 4) is 5.75 Å². The average molecular weight is 363 g/mol. The van der Waals surface area contributed by atoms with E-state index in [0.717, 1.165) is 29.9 Å². The molecular formula is C23H25NO3. The molecule has 27 heavy (non-hydrogen) atoms. The van der Waals surface area contributed by atoms with Crippen molar-refractivity contribution in [2.45, 2.75) is 25.9 Å². The second-order valence-corrected chi connectivity index (χ2v) is 7.10. The van der Waals surface area contributed by atoms with Gasteiger partial charge in [0.2, 0.25) is 0 Å². The number of hydrogen-bond donors (Lipinski definition) is 0. The highest BCUT2D eigenvalue weighted by Crippen LogP contribution is 2.37. The summed E-state index contributed by atoms with van der Waals surface area (Å²) in [5, 5.41) is 0. The van der Waals surface area contributed by atoms with Crippen molar-refractivity contribution in [1.29, 1.82) is 0 Å². The number of hydrogen-bond acceptors (Lipinski definition) is 4. The molecule has 4 rings (SSSR count). The Morgan fingerprint density at radius 3 is 2.78 bits per heavy atom. The van der Waals surface area contributed by atoms with Crippen molar-refractivity contribution in [3.05, 3.63) is 70.8 Å². The first-order valence-corrected chi connectivity index (χ1v) is 9.62. The molecule has 0 N–H and O–H groups in total. The minimum absolute atomic E-state index is 0.327. The summed E-state index contributed by atoms with van der Waals surface area (Å²) in [7, 11) is 1.41. The molecule has 2 aromatic rings. The molecule has 0 aliphatic carbocycles. The molecular weight excluding hydrogens is 338 g/mol. The van der Waals surface area contributed by atoms with Gasteiger partial charge in [-0.3, -0.25) is 0 Å². The van der Waals surface area contributed by atoms with Gasteiger partial charge in [0.1, 0.15) is 12.4 Å².